The van der Waals surface area contributed by atoms with Crippen molar-refractivity contribution in [1.82, 2.24) is 0 Å². The molecule has 5 heteroatoms. The fourth-order valence-corrected chi connectivity index (χ4v) is 1.98. The van der Waals surface area contributed by atoms with E-state index in [1.807, 2.05) is 19.1 Å². The molecule has 4 nitrogen and oxygen atoms in total. The van der Waals surface area contributed by atoms with Crippen LogP contribution in [-0.4, -0.2) is 23.0 Å². The van der Waals surface area contributed by atoms with E-state index in [-0.39, 0.29) is 10.6 Å². The van der Waals surface area contributed by atoms with Crippen LogP contribution in [0.1, 0.15) is 5.56 Å². The molecule has 1 aromatic rings. The van der Waals surface area contributed by atoms with Crippen molar-refractivity contribution in [3.63, 3.8) is 0 Å². The Hall–Kier alpha value is -1.49. The van der Waals surface area contributed by atoms with Crippen molar-refractivity contribution < 1.29 is 4.92 Å². The molecule has 0 aliphatic rings. The number of rotatable bonds is 7. The third kappa shape index (κ3) is 4.91. The van der Waals surface area contributed by atoms with Gasteiger partial charge in [-0.15, -0.1) is 6.58 Å². The van der Waals surface area contributed by atoms with E-state index < -0.39 is 0 Å². The van der Waals surface area contributed by atoms with Gasteiger partial charge in [0.15, 0.2) is 0 Å². The van der Waals surface area contributed by atoms with E-state index in [4.69, 9.17) is 0 Å². The van der Waals surface area contributed by atoms with E-state index in [2.05, 4.69) is 11.9 Å². The molecule has 0 aromatic heterocycles. The molecular formula is C12H16N2O2S. The lowest BCUT2D eigenvalue weighted by Gasteiger charge is -2.06. The number of nitro groups is 1. The molecule has 0 saturated heterocycles. The van der Waals surface area contributed by atoms with Gasteiger partial charge in [0.05, 0.1) is 4.92 Å². The second kappa shape index (κ2) is 6.96. The van der Waals surface area contributed by atoms with Gasteiger partial charge in [0.1, 0.15) is 0 Å². The summed E-state index contributed by atoms with van der Waals surface area (Å²) in [6.07, 6.45) is 1.86. The maximum atomic E-state index is 10.7. The SMILES string of the molecule is C=CCSCCNc1cc(C)cc([N+](=O)[O-])c1. The lowest BCUT2D eigenvalue weighted by atomic mass is 10.2. The highest BCUT2D eigenvalue weighted by Gasteiger charge is 2.07. The van der Waals surface area contributed by atoms with E-state index in [1.165, 1.54) is 0 Å². The maximum absolute atomic E-state index is 10.7. The molecule has 1 N–H and O–H groups in total. The standard InChI is InChI=1S/C12H16N2O2S/c1-3-5-17-6-4-13-11-7-10(2)8-12(9-11)14(15)16/h3,7-9,13H,1,4-6H2,2H3. The molecule has 0 radical (unpaired) electrons. The number of nitro benzene ring substituents is 1. The molecule has 0 unspecified atom stereocenters. The molecule has 0 saturated carbocycles. The largest absolute Gasteiger partial charge is 0.384 e. The smallest absolute Gasteiger partial charge is 0.271 e. The Kier molecular flexibility index (Phi) is 5.56. The highest BCUT2D eigenvalue weighted by atomic mass is 32.2. The zero-order chi connectivity index (χ0) is 12.7. The highest BCUT2D eigenvalue weighted by molar-refractivity contribution is 7.99. The second-order valence-corrected chi connectivity index (χ2v) is 4.75. The van der Waals surface area contributed by atoms with Gasteiger partial charge in [-0.2, -0.15) is 11.8 Å². The minimum absolute atomic E-state index is 0.131. The minimum atomic E-state index is -0.370. The Balaban J connectivity index is 2.53. The van der Waals surface area contributed by atoms with Crippen LogP contribution in [0.4, 0.5) is 11.4 Å². The quantitative estimate of drug-likeness (QED) is 0.350. The molecule has 0 amide bonds. The van der Waals surface area contributed by atoms with Crippen molar-refractivity contribution in [2.45, 2.75) is 6.92 Å². The molecule has 0 spiro atoms. The summed E-state index contributed by atoms with van der Waals surface area (Å²) in [5.41, 5.74) is 1.82. The van der Waals surface area contributed by atoms with Gasteiger partial charge >= 0.3 is 0 Å². The van der Waals surface area contributed by atoms with Crippen LogP contribution < -0.4 is 5.32 Å². The van der Waals surface area contributed by atoms with Crippen LogP contribution in [0.3, 0.4) is 0 Å². The molecule has 1 aromatic carbocycles. The summed E-state index contributed by atoms with van der Waals surface area (Å²) >= 11 is 1.77. The Morgan fingerprint density at radius 1 is 1.53 bits per heavy atom. The van der Waals surface area contributed by atoms with Gasteiger partial charge in [-0.1, -0.05) is 6.08 Å². The maximum Gasteiger partial charge on any atom is 0.271 e. The third-order valence-corrected chi connectivity index (χ3v) is 3.05. The van der Waals surface area contributed by atoms with Crippen LogP contribution in [0, 0.1) is 17.0 Å². The zero-order valence-electron chi connectivity index (χ0n) is 9.81. The van der Waals surface area contributed by atoms with Crippen LogP contribution in [0.15, 0.2) is 30.9 Å². The van der Waals surface area contributed by atoms with E-state index in [0.29, 0.717) is 0 Å². The third-order valence-electron chi connectivity index (χ3n) is 2.08. The first kappa shape index (κ1) is 13.6. The van der Waals surface area contributed by atoms with E-state index in [0.717, 1.165) is 29.3 Å². The van der Waals surface area contributed by atoms with Crippen molar-refractivity contribution in [3.05, 3.63) is 46.5 Å². The summed E-state index contributed by atoms with van der Waals surface area (Å²) in [5.74, 6) is 1.88. The Labute approximate surface area is 105 Å². The minimum Gasteiger partial charge on any atom is -0.384 e. The van der Waals surface area contributed by atoms with Crippen LogP contribution in [0.5, 0.6) is 0 Å². The summed E-state index contributed by atoms with van der Waals surface area (Å²) in [4.78, 5) is 10.3. The number of non-ortho nitro benzene ring substituents is 1. The van der Waals surface area contributed by atoms with Crippen LogP contribution in [0.2, 0.25) is 0 Å². The van der Waals surface area contributed by atoms with Crippen molar-refractivity contribution in [2.24, 2.45) is 0 Å². The molecule has 0 aliphatic carbocycles. The monoisotopic (exact) mass is 252 g/mol. The lowest BCUT2D eigenvalue weighted by molar-refractivity contribution is -0.384. The number of hydrogen-bond acceptors (Lipinski definition) is 4. The predicted molar refractivity (Wildman–Crippen MR) is 73.8 cm³/mol. The Morgan fingerprint density at radius 3 is 2.94 bits per heavy atom. The van der Waals surface area contributed by atoms with E-state index in [1.54, 1.807) is 23.9 Å². The molecular weight excluding hydrogens is 236 g/mol. The zero-order valence-corrected chi connectivity index (χ0v) is 10.6. The number of aryl methyl sites for hydroxylation is 1. The van der Waals surface area contributed by atoms with Crippen molar-refractivity contribution in [1.29, 1.82) is 0 Å². The van der Waals surface area contributed by atoms with Crippen LogP contribution >= 0.6 is 11.8 Å². The molecule has 0 atom stereocenters. The lowest BCUT2D eigenvalue weighted by Crippen LogP contribution is -2.05. The fourth-order valence-electron chi connectivity index (χ4n) is 1.40. The normalized spacial score (nSPS) is 9.94. The van der Waals surface area contributed by atoms with Crippen molar-refractivity contribution in [3.8, 4) is 0 Å². The first-order valence-electron chi connectivity index (χ1n) is 5.32. The fraction of sp³-hybridized carbons (Fsp3) is 0.333. The average molecular weight is 252 g/mol. The van der Waals surface area contributed by atoms with Crippen molar-refractivity contribution in [2.75, 3.05) is 23.4 Å². The first-order chi connectivity index (χ1) is 8.13. The number of anilines is 1. The molecule has 0 bridgehead atoms. The summed E-state index contributed by atoms with van der Waals surface area (Å²) in [6.45, 7) is 6.29. The van der Waals surface area contributed by atoms with Crippen molar-refractivity contribution >= 4 is 23.1 Å². The molecule has 0 fully saturated rings. The summed E-state index contributed by atoms with van der Waals surface area (Å²) in [5, 5.41) is 13.9. The average Bonchev–Trinajstić information content (AvgIpc) is 2.28. The number of nitrogens with one attached hydrogen (secondary N) is 1. The number of nitrogens with zero attached hydrogens (tertiary/aromatic N) is 1. The van der Waals surface area contributed by atoms with Gasteiger partial charge in [0, 0.05) is 35.9 Å². The number of thioether (sulfide) groups is 1. The molecule has 1 rings (SSSR count). The second-order valence-electron chi connectivity index (χ2n) is 3.60. The first-order valence-corrected chi connectivity index (χ1v) is 6.47. The van der Waals surface area contributed by atoms with Crippen LogP contribution in [-0.2, 0) is 0 Å². The van der Waals surface area contributed by atoms with Crippen LogP contribution in [0.25, 0.3) is 0 Å². The topological polar surface area (TPSA) is 55.2 Å². The van der Waals surface area contributed by atoms with Gasteiger partial charge in [0.2, 0.25) is 0 Å². The molecule has 0 heterocycles. The van der Waals surface area contributed by atoms with E-state index in [9.17, 15) is 10.1 Å². The highest BCUT2D eigenvalue weighted by Crippen LogP contribution is 2.20. The van der Waals surface area contributed by atoms with Gasteiger partial charge in [-0.05, 0) is 18.6 Å². The molecule has 92 valence electrons. The van der Waals surface area contributed by atoms with Gasteiger partial charge in [0.25, 0.3) is 5.69 Å². The predicted octanol–water partition coefficient (Wildman–Crippen LogP) is 3.23. The molecule has 17 heavy (non-hydrogen) atoms. The Bertz CT molecular complexity index is 407. The molecule has 0 aliphatic heterocycles. The van der Waals surface area contributed by atoms with E-state index >= 15 is 0 Å². The summed E-state index contributed by atoms with van der Waals surface area (Å²) in [6, 6.07) is 5.04. The summed E-state index contributed by atoms with van der Waals surface area (Å²) in [7, 11) is 0. The Morgan fingerprint density at radius 2 is 2.29 bits per heavy atom. The van der Waals surface area contributed by atoms with Gasteiger partial charge < -0.3 is 5.32 Å². The number of benzene rings is 1. The van der Waals surface area contributed by atoms with Gasteiger partial charge in [-0.3, -0.25) is 10.1 Å². The van der Waals surface area contributed by atoms with Gasteiger partial charge in [-0.25, -0.2) is 0 Å². The summed E-state index contributed by atoms with van der Waals surface area (Å²) < 4.78 is 0. The number of hydrogen-bond donors (Lipinski definition) is 1.